The van der Waals surface area contributed by atoms with Gasteiger partial charge in [0.2, 0.25) is 5.91 Å². The zero-order valence-corrected chi connectivity index (χ0v) is 14.0. The van der Waals surface area contributed by atoms with E-state index in [1.807, 2.05) is 6.92 Å². The van der Waals surface area contributed by atoms with E-state index in [2.05, 4.69) is 5.32 Å². The molecule has 1 aliphatic carbocycles. The number of hydrogen-bond acceptors (Lipinski definition) is 4. The van der Waals surface area contributed by atoms with Crippen LogP contribution in [0.25, 0.3) is 0 Å². The van der Waals surface area contributed by atoms with Crippen LogP contribution in [0.1, 0.15) is 39.0 Å². The van der Waals surface area contributed by atoms with E-state index < -0.39 is 4.92 Å². The number of rotatable bonds is 5. The molecule has 1 aliphatic rings. The van der Waals surface area contributed by atoms with Gasteiger partial charge in [0, 0.05) is 17.4 Å². The molecule has 5 nitrogen and oxygen atoms in total. The van der Waals surface area contributed by atoms with Gasteiger partial charge in [-0.25, -0.2) is 0 Å². The Labute approximate surface area is 139 Å². The number of thioether (sulfide) groups is 1. The quantitative estimate of drug-likeness (QED) is 0.625. The molecule has 7 heteroatoms. The molecule has 0 radical (unpaired) electrons. The van der Waals surface area contributed by atoms with Crippen molar-refractivity contribution in [1.82, 2.24) is 0 Å². The van der Waals surface area contributed by atoms with E-state index in [-0.39, 0.29) is 22.5 Å². The normalized spacial score (nSPS) is 17.0. The summed E-state index contributed by atoms with van der Waals surface area (Å²) in [5.41, 5.74) is 0.198. The van der Waals surface area contributed by atoms with Crippen molar-refractivity contribution < 1.29 is 9.72 Å². The lowest BCUT2D eigenvalue weighted by Crippen LogP contribution is -2.25. The van der Waals surface area contributed by atoms with Crippen LogP contribution in [-0.4, -0.2) is 21.3 Å². The van der Waals surface area contributed by atoms with Crippen molar-refractivity contribution in [3.63, 3.8) is 0 Å². The lowest BCUT2D eigenvalue weighted by atomic mass is 10.0. The number of amides is 1. The minimum absolute atomic E-state index is 0.0905. The van der Waals surface area contributed by atoms with Crippen molar-refractivity contribution in [2.75, 3.05) is 5.32 Å². The van der Waals surface area contributed by atoms with Crippen LogP contribution in [0.15, 0.2) is 18.2 Å². The van der Waals surface area contributed by atoms with Gasteiger partial charge in [-0.1, -0.05) is 30.9 Å². The predicted octanol–water partition coefficient (Wildman–Crippen LogP) is 4.64. The van der Waals surface area contributed by atoms with Crippen molar-refractivity contribution in [3.05, 3.63) is 33.3 Å². The number of nitro benzene ring substituents is 1. The molecule has 0 saturated heterocycles. The molecule has 1 aromatic rings. The molecule has 2 rings (SSSR count). The SMILES string of the molecule is CC(SC1CCCCC1)C(=O)Nc1cc([N+](=O)[O-])ccc1Cl. The first-order chi connectivity index (χ1) is 10.5. The minimum Gasteiger partial charge on any atom is -0.324 e. The van der Waals surface area contributed by atoms with Crippen molar-refractivity contribution >= 4 is 40.6 Å². The maximum Gasteiger partial charge on any atom is 0.271 e. The molecular weight excluding hydrogens is 324 g/mol. The highest BCUT2D eigenvalue weighted by Crippen LogP contribution is 2.32. The fourth-order valence-corrected chi connectivity index (χ4v) is 4.04. The molecule has 0 spiro atoms. The van der Waals surface area contributed by atoms with Crippen LogP contribution < -0.4 is 5.32 Å². The van der Waals surface area contributed by atoms with Gasteiger partial charge in [0.15, 0.2) is 0 Å². The first-order valence-electron chi connectivity index (χ1n) is 7.37. The maximum atomic E-state index is 12.3. The second-order valence-corrected chi connectivity index (χ2v) is 7.50. The zero-order valence-electron chi connectivity index (χ0n) is 12.4. The number of hydrogen-bond donors (Lipinski definition) is 1. The number of carbonyl (C=O) groups excluding carboxylic acids is 1. The molecule has 1 amide bonds. The smallest absolute Gasteiger partial charge is 0.271 e. The number of non-ortho nitro benzene ring substituents is 1. The third-order valence-corrected chi connectivity index (χ3v) is 5.54. The van der Waals surface area contributed by atoms with Gasteiger partial charge in [-0.15, -0.1) is 11.8 Å². The fraction of sp³-hybridized carbons (Fsp3) is 0.533. The van der Waals surface area contributed by atoms with Crippen molar-refractivity contribution in [2.24, 2.45) is 0 Å². The average Bonchev–Trinajstić information content (AvgIpc) is 2.50. The lowest BCUT2D eigenvalue weighted by Gasteiger charge is -2.24. The predicted molar refractivity (Wildman–Crippen MR) is 90.7 cm³/mol. The standard InChI is InChI=1S/C15H19ClN2O3S/c1-10(22-12-5-3-2-4-6-12)15(19)17-14-9-11(18(20)21)7-8-13(14)16/h7-10,12H,2-6H2,1H3,(H,17,19). The van der Waals surface area contributed by atoms with E-state index in [9.17, 15) is 14.9 Å². The molecule has 22 heavy (non-hydrogen) atoms. The molecule has 1 unspecified atom stereocenters. The second kappa shape index (κ2) is 7.83. The molecule has 0 heterocycles. The third kappa shape index (κ3) is 4.61. The van der Waals surface area contributed by atoms with Gasteiger partial charge in [-0.05, 0) is 25.8 Å². The molecule has 1 aromatic carbocycles. The molecule has 1 atom stereocenters. The van der Waals surface area contributed by atoms with Crippen LogP contribution in [0.5, 0.6) is 0 Å². The summed E-state index contributed by atoms with van der Waals surface area (Å²) in [5.74, 6) is -0.169. The number of halogens is 1. The van der Waals surface area contributed by atoms with E-state index in [0.29, 0.717) is 10.3 Å². The summed E-state index contributed by atoms with van der Waals surface area (Å²) < 4.78 is 0. The van der Waals surface area contributed by atoms with E-state index in [1.165, 1.54) is 37.5 Å². The summed E-state index contributed by atoms with van der Waals surface area (Å²) in [6, 6.07) is 4.03. The Hall–Kier alpha value is -1.27. The van der Waals surface area contributed by atoms with Crippen LogP contribution in [0.2, 0.25) is 5.02 Å². The molecule has 0 aliphatic heterocycles. The van der Waals surface area contributed by atoms with Gasteiger partial charge in [0.25, 0.3) is 5.69 Å². The molecule has 0 aromatic heterocycles. The van der Waals surface area contributed by atoms with Crippen molar-refractivity contribution in [1.29, 1.82) is 0 Å². The van der Waals surface area contributed by atoms with Crippen molar-refractivity contribution in [2.45, 2.75) is 49.5 Å². The van der Waals surface area contributed by atoms with Gasteiger partial charge >= 0.3 is 0 Å². The van der Waals surface area contributed by atoms with E-state index >= 15 is 0 Å². The first-order valence-corrected chi connectivity index (χ1v) is 8.69. The summed E-state index contributed by atoms with van der Waals surface area (Å²) in [6.45, 7) is 1.86. The molecule has 1 fully saturated rings. The summed E-state index contributed by atoms with van der Waals surface area (Å²) in [7, 11) is 0. The number of nitro groups is 1. The Kier molecular flexibility index (Phi) is 6.08. The summed E-state index contributed by atoms with van der Waals surface area (Å²) in [4.78, 5) is 22.5. The number of nitrogens with one attached hydrogen (secondary N) is 1. The van der Waals surface area contributed by atoms with Crippen LogP contribution in [0.3, 0.4) is 0 Å². The number of benzene rings is 1. The van der Waals surface area contributed by atoms with Gasteiger partial charge in [-0.2, -0.15) is 0 Å². The van der Waals surface area contributed by atoms with Crippen LogP contribution in [0.4, 0.5) is 11.4 Å². The largest absolute Gasteiger partial charge is 0.324 e. The average molecular weight is 343 g/mol. The molecule has 120 valence electrons. The van der Waals surface area contributed by atoms with E-state index in [0.717, 1.165) is 12.8 Å². The minimum atomic E-state index is -0.508. The molecule has 0 bridgehead atoms. The highest BCUT2D eigenvalue weighted by Gasteiger charge is 2.22. The van der Waals surface area contributed by atoms with Gasteiger partial charge in [0.1, 0.15) is 0 Å². The van der Waals surface area contributed by atoms with Crippen molar-refractivity contribution in [3.8, 4) is 0 Å². The zero-order chi connectivity index (χ0) is 16.1. The topological polar surface area (TPSA) is 72.2 Å². The first kappa shape index (κ1) is 17.1. The second-order valence-electron chi connectivity index (χ2n) is 5.45. The summed E-state index contributed by atoms with van der Waals surface area (Å²) in [6.07, 6.45) is 6.03. The molecule has 1 saturated carbocycles. The van der Waals surface area contributed by atoms with E-state index in [4.69, 9.17) is 11.6 Å². The van der Waals surface area contributed by atoms with Crippen LogP contribution >= 0.6 is 23.4 Å². The number of anilines is 1. The number of nitrogens with zero attached hydrogens (tertiary/aromatic N) is 1. The Morgan fingerprint density at radius 2 is 2.09 bits per heavy atom. The molecule has 1 N–H and O–H groups in total. The fourth-order valence-electron chi connectivity index (χ4n) is 2.51. The lowest BCUT2D eigenvalue weighted by molar-refractivity contribution is -0.384. The highest BCUT2D eigenvalue weighted by atomic mass is 35.5. The maximum absolute atomic E-state index is 12.3. The van der Waals surface area contributed by atoms with Gasteiger partial charge < -0.3 is 5.32 Å². The Morgan fingerprint density at radius 1 is 1.41 bits per heavy atom. The monoisotopic (exact) mass is 342 g/mol. The Bertz CT molecular complexity index is 562. The number of carbonyl (C=O) groups is 1. The summed E-state index contributed by atoms with van der Waals surface area (Å²) >= 11 is 7.67. The Morgan fingerprint density at radius 3 is 2.73 bits per heavy atom. The highest BCUT2D eigenvalue weighted by molar-refractivity contribution is 8.01. The van der Waals surface area contributed by atoms with Gasteiger partial charge in [0.05, 0.1) is 20.9 Å². The van der Waals surface area contributed by atoms with E-state index in [1.54, 1.807) is 11.8 Å². The summed E-state index contributed by atoms with van der Waals surface area (Å²) in [5, 5.41) is 14.1. The third-order valence-electron chi connectivity index (χ3n) is 3.74. The van der Waals surface area contributed by atoms with Crippen LogP contribution in [0, 0.1) is 10.1 Å². The molecular formula is C15H19ClN2O3S. The Balaban J connectivity index is 1.98. The van der Waals surface area contributed by atoms with Gasteiger partial charge in [-0.3, -0.25) is 14.9 Å². The van der Waals surface area contributed by atoms with Crippen LogP contribution in [-0.2, 0) is 4.79 Å².